The van der Waals surface area contributed by atoms with Gasteiger partial charge in [0.05, 0.1) is 16.5 Å². The van der Waals surface area contributed by atoms with Gasteiger partial charge < -0.3 is 4.74 Å². The molecule has 0 aromatic heterocycles. The minimum Gasteiger partial charge on any atom is -0.492 e. The van der Waals surface area contributed by atoms with Crippen molar-refractivity contribution in [2.45, 2.75) is 18.6 Å². The Morgan fingerprint density at radius 1 is 1.13 bits per heavy atom. The molecule has 4 rings (SSSR count). The molecular formula is C23H25N3O3S2. The molecule has 2 N–H and O–H groups in total. The first-order valence-corrected chi connectivity index (χ1v) is 13.0. The SMILES string of the molecule is CC1=C(c2ccccc2)S(C)(NCCOc2ccc(CC3SC(=O)NC3=O)cc2)C=N1. The number of amides is 2. The third kappa shape index (κ3) is 5.03. The molecule has 0 saturated carbocycles. The van der Waals surface area contributed by atoms with E-state index >= 15 is 0 Å². The van der Waals surface area contributed by atoms with Gasteiger partial charge in [0.1, 0.15) is 12.4 Å². The highest BCUT2D eigenvalue weighted by atomic mass is 32.3. The van der Waals surface area contributed by atoms with E-state index in [0.29, 0.717) is 19.6 Å². The third-order valence-corrected chi connectivity index (χ3v) is 8.82. The van der Waals surface area contributed by atoms with Crippen LogP contribution in [-0.4, -0.2) is 41.4 Å². The van der Waals surface area contributed by atoms with E-state index < -0.39 is 10.2 Å². The van der Waals surface area contributed by atoms with Crippen molar-refractivity contribution >= 4 is 43.6 Å². The Balaban J connectivity index is 1.28. The van der Waals surface area contributed by atoms with E-state index in [0.717, 1.165) is 28.8 Å². The van der Waals surface area contributed by atoms with Gasteiger partial charge in [-0.1, -0.05) is 54.2 Å². The second-order valence-electron chi connectivity index (χ2n) is 7.47. The molecule has 31 heavy (non-hydrogen) atoms. The van der Waals surface area contributed by atoms with E-state index in [4.69, 9.17) is 4.74 Å². The number of nitrogens with zero attached hydrogens (tertiary/aromatic N) is 1. The van der Waals surface area contributed by atoms with Crippen LogP contribution in [0.3, 0.4) is 0 Å². The van der Waals surface area contributed by atoms with Crippen molar-refractivity contribution in [3.8, 4) is 5.75 Å². The summed E-state index contributed by atoms with van der Waals surface area (Å²) >= 11 is 1.05. The van der Waals surface area contributed by atoms with Gasteiger partial charge in [-0.25, -0.2) is 0 Å². The molecule has 2 aromatic carbocycles. The van der Waals surface area contributed by atoms with Gasteiger partial charge in [-0.15, -0.1) is 10.2 Å². The summed E-state index contributed by atoms with van der Waals surface area (Å²) in [6.45, 7) is 3.29. The van der Waals surface area contributed by atoms with Gasteiger partial charge in [0.15, 0.2) is 0 Å². The van der Waals surface area contributed by atoms with Crippen LogP contribution in [0, 0.1) is 0 Å². The zero-order valence-electron chi connectivity index (χ0n) is 17.5. The lowest BCUT2D eigenvalue weighted by Gasteiger charge is -2.32. The second kappa shape index (κ2) is 9.30. The first-order valence-electron chi connectivity index (χ1n) is 10.0. The molecule has 2 unspecified atom stereocenters. The number of nitrogens with one attached hydrogen (secondary N) is 2. The predicted octanol–water partition coefficient (Wildman–Crippen LogP) is 4.33. The predicted molar refractivity (Wildman–Crippen MR) is 130 cm³/mol. The Morgan fingerprint density at radius 2 is 1.87 bits per heavy atom. The second-order valence-corrected chi connectivity index (χ2v) is 11.5. The first-order chi connectivity index (χ1) is 14.9. The van der Waals surface area contributed by atoms with Gasteiger partial charge in [-0.3, -0.25) is 24.6 Å². The molecule has 2 aliphatic heterocycles. The molecule has 2 heterocycles. The molecule has 6 nitrogen and oxygen atoms in total. The lowest BCUT2D eigenvalue weighted by molar-refractivity contribution is -0.118. The number of hydrogen-bond acceptors (Lipinski definition) is 6. The van der Waals surface area contributed by atoms with Gasteiger partial charge in [-0.05, 0) is 42.9 Å². The number of rotatable bonds is 8. The van der Waals surface area contributed by atoms with Crippen molar-refractivity contribution in [1.29, 1.82) is 0 Å². The summed E-state index contributed by atoms with van der Waals surface area (Å²) in [4.78, 5) is 28.8. The minimum absolute atomic E-state index is 0.216. The van der Waals surface area contributed by atoms with Crippen molar-refractivity contribution in [3.63, 3.8) is 0 Å². The number of carbonyl (C=O) groups excluding carboxylic acids is 2. The summed E-state index contributed by atoms with van der Waals surface area (Å²) in [6, 6.07) is 18.1. The summed E-state index contributed by atoms with van der Waals surface area (Å²) in [5.41, 5.74) is 5.31. The molecule has 2 atom stereocenters. The highest BCUT2D eigenvalue weighted by molar-refractivity contribution is 8.49. The third-order valence-electron chi connectivity index (χ3n) is 5.13. The van der Waals surface area contributed by atoms with E-state index in [2.05, 4.69) is 52.5 Å². The molecule has 0 bridgehead atoms. The Bertz CT molecular complexity index is 1040. The van der Waals surface area contributed by atoms with Crippen LogP contribution in [0.25, 0.3) is 4.91 Å². The Labute approximate surface area is 188 Å². The Morgan fingerprint density at radius 3 is 2.55 bits per heavy atom. The van der Waals surface area contributed by atoms with Crippen LogP contribution in [-0.2, 0) is 11.2 Å². The number of thioether (sulfide) groups is 1. The fraction of sp³-hybridized carbons (Fsp3) is 0.261. The zero-order valence-corrected chi connectivity index (χ0v) is 19.1. The largest absolute Gasteiger partial charge is 0.492 e. The van der Waals surface area contributed by atoms with Gasteiger partial charge in [0, 0.05) is 11.4 Å². The smallest absolute Gasteiger partial charge is 0.286 e. The van der Waals surface area contributed by atoms with E-state index in [1.165, 1.54) is 10.5 Å². The Hall–Kier alpha value is -2.55. The molecule has 0 aliphatic carbocycles. The van der Waals surface area contributed by atoms with Gasteiger partial charge in [0.2, 0.25) is 5.91 Å². The molecule has 0 radical (unpaired) electrons. The highest BCUT2D eigenvalue weighted by Gasteiger charge is 2.31. The maximum absolute atomic E-state index is 11.7. The zero-order chi connectivity index (χ0) is 21.8. The molecule has 162 valence electrons. The topological polar surface area (TPSA) is 79.8 Å². The van der Waals surface area contributed by atoms with Gasteiger partial charge in [-0.2, -0.15) is 0 Å². The van der Waals surface area contributed by atoms with Crippen molar-refractivity contribution in [2.75, 3.05) is 19.4 Å². The van der Waals surface area contributed by atoms with Crippen molar-refractivity contribution in [3.05, 3.63) is 71.4 Å². The van der Waals surface area contributed by atoms with Crippen molar-refractivity contribution in [1.82, 2.24) is 10.0 Å². The molecule has 8 heteroatoms. The maximum atomic E-state index is 11.7. The average Bonchev–Trinajstić information content (AvgIpc) is 3.24. The van der Waals surface area contributed by atoms with Gasteiger partial charge >= 0.3 is 0 Å². The summed E-state index contributed by atoms with van der Waals surface area (Å²) in [5, 5.41) is 1.69. The maximum Gasteiger partial charge on any atom is 0.286 e. The summed E-state index contributed by atoms with van der Waals surface area (Å²) < 4.78 is 9.54. The van der Waals surface area contributed by atoms with Crippen LogP contribution in [0.1, 0.15) is 18.1 Å². The molecule has 1 fully saturated rings. The number of imide groups is 1. The lowest BCUT2D eigenvalue weighted by Crippen LogP contribution is -2.25. The molecule has 2 aliphatic rings. The standard InChI is InChI=1S/C23H25N3O3S2/c1-16-21(18-6-4-3-5-7-18)31(2,15-24-16)25-12-13-29-19-10-8-17(9-11-19)14-20-22(27)26-23(28)30-20/h3-11,15,20,25H,12-14H2,1-2H3,(H,26,27,28). The van der Waals surface area contributed by atoms with Crippen molar-refractivity contribution in [2.24, 2.45) is 4.99 Å². The summed E-state index contributed by atoms with van der Waals surface area (Å²) in [6.07, 6.45) is 2.74. The number of carbonyl (C=O) groups is 2. The molecule has 0 spiro atoms. The molecular weight excluding hydrogens is 430 g/mol. The fourth-order valence-corrected chi connectivity index (χ4v) is 6.99. The van der Waals surface area contributed by atoms with E-state index in [-0.39, 0.29) is 16.4 Å². The first kappa shape index (κ1) is 21.7. The van der Waals surface area contributed by atoms with Crippen LogP contribution in [0.5, 0.6) is 5.75 Å². The summed E-state index contributed by atoms with van der Waals surface area (Å²) in [7, 11) is -1.34. The quantitative estimate of drug-likeness (QED) is 0.579. The van der Waals surface area contributed by atoms with Crippen LogP contribution < -0.4 is 14.8 Å². The number of ether oxygens (including phenoxy) is 1. The van der Waals surface area contributed by atoms with E-state index in [1.54, 1.807) is 0 Å². The number of allylic oxidation sites excluding steroid dienone is 1. The van der Waals surface area contributed by atoms with Crippen LogP contribution >= 0.6 is 22.0 Å². The molecule has 2 amide bonds. The number of benzene rings is 2. The monoisotopic (exact) mass is 455 g/mol. The van der Waals surface area contributed by atoms with Crippen LogP contribution in [0.2, 0.25) is 0 Å². The van der Waals surface area contributed by atoms with Crippen LogP contribution in [0.4, 0.5) is 4.79 Å². The van der Waals surface area contributed by atoms with E-state index in [1.807, 2.05) is 35.9 Å². The molecule has 1 saturated heterocycles. The summed E-state index contributed by atoms with van der Waals surface area (Å²) in [5.74, 6) is 0.562. The molecule has 2 aromatic rings. The highest BCUT2D eigenvalue weighted by Crippen LogP contribution is 2.56. The normalized spacial score (nSPS) is 24.9. The Kier molecular flexibility index (Phi) is 6.50. The average molecular weight is 456 g/mol. The van der Waals surface area contributed by atoms with E-state index in [9.17, 15) is 9.59 Å². The number of hydrogen-bond donors (Lipinski definition) is 2. The van der Waals surface area contributed by atoms with Crippen LogP contribution in [0.15, 0.2) is 65.3 Å². The van der Waals surface area contributed by atoms with Crippen molar-refractivity contribution < 1.29 is 14.3 Å². The van der Waals surface area contributed by atoms with Gasteiger partial charge in [0.25, 0.3) is 5.24 Å². The number of aliphatic imine (C=N–C) groups is 1. The fourth-order valence-electron chi connectivity index (χ4n) is 3.64. The minimum atomic E-state index is -1.34. The lowest BCUT2D eigenvalue weighted by atomic mass is 10.1.